The molecule has 1 heterocycles. The molecule has 0 radical (unpaired) electrons. The number of aliphatic hydroxyl groups is 1. The number of ether oxygens (including phenoxy) is 1. The van der Waals surface area contributed by atoms with Crippen molar-refractivity contribution in [3.63, 3.8) is 0 Å². The highest BCUT2D eigenvalue weighted by Gasteiger charge is 2.28. The predicted octanol–water partition coefficient (Wildman–Crippen LogP) is 2.54. The quantitative estimate of drug-likeness (QED) is 0.776. The first-order valence-electron chi connectivity index (χ1n) is 7.59. The molecule has 0 spiro atoms. The van der Waals surface area contributed by atoms with Crippen molar-refractivity contribution < 1.29 is 19.4 Å². The molecular formula is C16H26N2O4S. The van der Waals surface area contributed by atoms with Gasteiger partial charge in [-0.2, -0.15) is 0 Å². The molecule has 1 aromatic rings. The van der Waals surface area contributed by atoms with Gasteiger partial charge in [-0.3, -0.25) is 4.79 Å². The van der Waals surface area contributed by atoms with E-state index in [0.29, 0.717) is 11.4 Å². The summed E-state index contributed by atoms with van der Waals surface area (Å²) < 4.78 is 4.61. The number of methoxy groups -OCH3 is 1. The number of esters is 1. The van der Waals surface area contributed by atoms with E-state index in [4.69, 9.17) is 0 Å². The van der Waals surface area contributed by atoms with Crippen LogP contribution in [-0.4, -0.2) is 35.1 Å². The van der Waals surface area contributed by atoms with Gasteiger partial charge in [0.15, 0.2) is 5.69 Å². The Morgan fingerprint density at radius 3 is 2.48 bits per heavy atom. The number of thiazole rings is 1. The molecule has 0 unspecified atom stereocenters. The van der Waals surface area contributed by atoms with Crippen molar-refractivity contribution in [2.45, 2.75) is 53.2 Å². The summed E-state index contributed by atoms with van der Waals surface area (Å²) in [5, 5.41) is 15.4. The highest BCUT2D eigenvalue weighted by atomic mass is 32.1. The molecule has 2 atom stereocenters. The molecular weight excluding hydrogens is 316 g/mol. The molecule has 0 aliphatic carbocycles. The van der Waals surface area contributed by atoms with Gasteiger partial charge in [-0.05, 0) is 5.92 Å². The van der Waals surface area contributed by atoms with Crippen LogP contribution in [0.2, 0.25) is 0 Å². The van der Waals surface area contributed by atoms with Crippen molar-refractivity contribution in [1.82, 2.24) is 10.3 Å². The molecule has 0 aliphatic heterocycles. The third-order valence-corrected chi connectivity index (χ3v) is 4.43. The van der Waals surface area contributed by atoms with Crippen LogP contribution in [0.15, 0.2) is 5.38 Å². The number of carbonyl (C=O) groups excluding carboxylic acids is 2. The molecule has 0 bridgehead atoms. The fourth-order valence-corrected chi connectivity index (χ4v) is 2.65. The lowest BCUT2D eigenvalue weighted by Crippen LogP contribution is -2.44. The van der Waals surface area contributed by atoms with E-state index >= 15 is 0 Å². The monoisotopic (exact) mass is 342 g/mol. The minimum atomic E-state index is -0.842. The predicted molar refractivity (Wildman–Crippen MR) is 89.3 cm³/mol. The highest BCUT2D eigenvalue weighted by Crippen LogP contribution is 2.25. The van der Waals surface area contributed by atoms with Gasteiger partial charge < -0.3 is 15.2 Å². The molecule has 6 nitrogen and oxygen atoms in total. The number of nitrogens with zero attached hydrogens (tertiary/aromatic N) is 1. The Bertz CT molecular complexity index is 549. The molecule has 0 aromatic carbocycles. The number of amides is 1. The van der Waals surface area contributed by atoms with E-state index < -0.39 is 17.5 Å². The standard InChI is InChI=1S/C16H26N2O4S/c1-9(2)10(18-15(21)16(3,4)5)7-12(19)13-17-11(8-23-13)14(20)22-6/h8-10,12,19H,7H2,1-6H3,(H,18,21)/t10-,12-/m1/s1. The minimum absolute atomic E-state index is 0.0576. The first kappa shape index (κ1) is 19.6. The Balaban J connectivity index is 2.78. The molecule has 130 valence electrons. The van der Waals surface area contributed by atoms with Gasteiger partial charge >= 0.3 is 5.97 Å². The average molecular weight is 342 g/mol. The smallest absolute Gasteiger partial charge is 0.357 e. The van der Waals surface area contributed by atoms with Crippen molar-refractivity contribution in [3.8, 4) is 0 Å². The maximum Gasteiger partial charge on any atom is 0.357 e. The van der Waals surface area contributed by atoms with Crippen LogP contribution in [0.3, 0.4) is 0 Å². The fraction of sp³-hybridized carbons (Fsp3) is 0.688. The van der Waals surface area contributed by atoms with Gasteiger partial charge in [0, 0.05) is 23.3 Å². The summed E-state index contributed by atoms with van der Waals surface area (Å²) in [4.78, 5) is 27.7. The van der Waals surface area contributed by atoms with Gasteiger partial charge in [-0.1, -0.05) is 34.6 Å². The van der Waals surface area contributed by atoms with Gasteiger partial charge in [0.25, 0.3) is 0 Å². The summed E-state index contributed by atoms with van der Waals surface area (Å²) in [7, 11) is 1.29. The number of aromatic nitrogens is 1. The van der Waals surface area contributed by atoms with Crippen LogP contribution in [0.5, 0.6) is 0 Å². The second-order valence-electron chi connectivity index (χ2n) is 6.89. The van der Waals surface area contributed by atoms with Crippen LogP contribution >= 0.6 is 11.3 Å². The van der Waals surface area contributed by atoms with E-state index in [-0.39, 0.29) is 23.6 Å². The Hall–Kier alpha value is -1.47. The summed E-state index contributed by atoms with van der Waals surface area (Å²) in [5.41, 5.74) is -0.302. The number of carbonyl (C=O) groups is 2. The fourth-order valence-electron chi connectivity index (χ4n) is 1.86. The Morgan fingerprint density at radius 1 is 1.39 bits per heavy atom. The first-order valence-corrected chi connectivity index (χ1v) is 8.47. The summed E-state index contributed by atoms with van der Waals surface area (Å²) >= 11 is 1.20. The van der Waals surface area contributed by atoms with Gasteiger partial charge in [-0.15, -0.1) is 11.3 Å². The van der Waals surface area contributed by atoms with Gasteiger partial charge in [0.05, 0.1) is 7.11 Å². The molecule has 1 rings (SSSR count). The zero-order valence-electron chi connectivity index (χ0n) is 14.5. The maximum absolute atomic E-state index is 12.2. The SMILES string of the molecule is COC(=O)c1csc([C@H](O)C[C@@H](NC(=O)C(C)(C)C)C(C)C)n1. The van der Waals surface area contributed by atoms with E-state index in [9.17, 15) is 14.7 Å². The summed E-state index contributed by atoms with van der Waals surface area (Å²) in [6, 6.07) is -0.179. The maximum atomic E-state index is 12.2. The lowest BCUT2D eigenvalue weighted by Gasteiger charge is -2.28. The van der Waals surface area contributed by atoms with Crippen LogP contribution in [0.4, 0.5) is 0 Å². The Morgan fingerprint density at radius 2 is 2.00 bits per heavy atom. The molecule has 0 aliphatic rings. The third-order valence-electron chi connectivity index (χ3n) is 3.48. The van der Waals surface area contributed by atoms with Gasteiger partial charge in [0.1, 0.15) is 11.1 Å². The van der Waals surface area contributed by atoms with Crippen LogP contribution in [0.1, 0.15) is 62.6 Å². The molecule has 0 saturated heterocycles. The molecule has 0 saturated carbocycles. The molecule has 7 heteroatoms. The second kappa shape index (κ2) is 7.88. The van der Waals surface area contributed by atoms with E-state index in [1.807, 2.05) is 34.6 Å². The van der Waals surface area contributed by atoms with Crippen molar-refractivity contribution in [2.24, 2.45) is 11.3 Å². The summed E-state index contributed by atoms with van der Waals surface area (Å²) in [6.45, 7) is 9.52. The van der Waals surface area contributed by atoms with Gasteiger partial charge in [-0.25, -0.2) is 9.78 Å². The van der Waals surface area contributed by atoms with E-state index in [1.165, 1.54) is 18.4 Å². The van der Waals surface area contributed by atoms with E-state index in [0.717, 1.165) is 0 Å². The number of hydrogen-bond acceptors (Lipinski definition) is 6. The van der Waals surface area contributed by atoms with Crippen molar-refractivity contribution in [3.05, 3.63) is 16.1 Å². The van der Waals surface area contributed by atoms with E-state index in [1.54, 1.807) is 5.38 Å². The molecule has 0 fully saturated rings. The average Bonchev–Trinajstić information content (AvgIpc) is 2.94. The lowest BCUT2D eigenvalue weighted by atomic mass is 9.92. The summed E-state index contributed by atoms with van der Waals surface area (Å²) in [5.74, 6) is -0.421. The van der Waals surface area contributed by atoms with Crippen LogP contribution in [0, 0.1) is 11.3 Å². The molecule has 1 aromatic heterocycles. The van der Waals surface area contributed by atoms with Crippen molar-refractivity contribution in [2.75, 3.05) is 7.11 Å². The number of hydrogen-bond donors (Lipinski definition) is 2. The van der Waals surface area contributed by atoms with Crippen LogP contribution in [0.25, 0.3) is 0 Å². The third kappa shape index (κ3) is 5.58. The van der Waals surface area contributed by atoms with Crippen LogP contribution in [-0.2, 0) is 9.53 Å². The number of aliphatic hydroxyl groups excluding tert-OH is 1. The molecule has 1 amide bonds. The topological polar surface area (TPSA) is 88.5 Å². The van der Waals surface area contributed by atoms with E-state index in [2.05, 4.69) is 15.0 Å². The Kier molecular flexibility index (Phi) is 6.70. The highest BCUT2D eigenvalue weighted by molar-refractivity contribution is 7.09. The normalized spacial score (nSPS) is 14.4. The number of rotatable bonds is 6. The van der Waals surface area contributed by atoms with Crippen molar-refractivity contribution in [1.29, 1.82) is 0 Å². The number of nitrogens with one attached hydrogen (secondary N) is 1. The zero-order valence-corrected chi connectivity index (χ0v) is 15.4. The zero-order chi connectivity index (χ0) is 17.8. The van der Waals surface area contributed by atoms with Gasteiger partial charge in [0.2, 0.25) is 5.91 Å². The Labute approximate surface area is 141 Å². The molecule has 23 heavy (non-hydrogen) atoms. The minimum Gasteiger partial charge on any atom is -0.464 e. The largest absolute Gasteiger partial charge is 0.464 e. The molecule has 2 N–H and O–H groups in total. The van der Waals surface area contributed by atoms with Crippen LogP contribution < -0.4 is 5.32 Å². The first-order chi connectivity index (χ1) is 10.6. The second-order valence-corrected chi connectivity index (χ2v) is 7.78. The lowest BCUT2D eigenvalue weighted by molar-refractivity contribution is -0.129. The van der Waals surface area contributed by atoms with Crippen molar-refractivity contribution >= 4 is 23.2 Å². The summed E-state index contributed by atoms with van der Waals surface area (Å²) in [6.07, 6.45) is -0.501.